The van der Waals surface area contributed by atoms with E-state index in [0.29, 0.717) is 25.4 Å². The monoisotopic (exact) mass is 336 g/mol. The maximum absolute atomic E-state index is 11.4. The zero-order valence-electron chi connectivity index (χ0n) is 13.8. The average Bonchev–Trinajstić information content (AvgIpc) is 2.63. The first-order valence-corrected chi connectivity index (χ1v) is 8.38. The van der Waals surface area contributed by atoms with E-state index in [1.165, 1.54) is 0 Å². The van der Waals surface area contributed by atoms with Crippen molar-refractivity contribution >= 4 is 17.1 Å². The highest BCUT2D eigenvalue weighted by atomic mass is 16.6. The minimum absolute atomic E-state index is 0.145. The molecule has 2 aliphatic heterocycles. The second-order valence-electron chi connectivity index (χ2n) is 6.08. The summed E-state index contributed by atoms with van der Waals surface area (Å²) in [4.78, 5) is 17.6. The fourth-order valence-electron chi connectivity index (χ4n) is 3.29. The van der Waals surface area contributed by atoms with Crippen molar-refractivity contribution in [3.63, 3.8) is 0 Å². The molecule has 1 aromatic rings. The Morgan fingerprint density at radius 2 is 1.79 bits per heavy atom. The molecule has 0 spiro atoms. The number of benzene rings is 1. The Morgan fingerprint density at radius 1 is 1.08 bits per heavy atom. The van der Waals surface area contributed by atoms with E-state index in [0.717, 1.165) is 45.0 Å². The Morgan fingerprint density at radius 3 is 2.42 bits per heavy atom. The molecule has 0 saturated carbocycles. The van der Waals surface area contributed by atoms with Gasteiger partial charge in [-0.2, -0.15) is 0 Å². The van der Waals surface area contributed by atoms with Crippen LogP contribution in [0.25, 0.3) is 0 Å². The smallest absolute Gasteiger partial charge is 0.292 e. The van der Waals surface area contributed by atoms with E-state index in [1.807, 2.05) is 12.1 Å². The van der Waals surface area contributed by atoms with Crippen LogP contribution in [0.4, 0.5) is 17.1 Å². The topological polar surface area (TPSA) is 82.3 Å². The zero-order chi connectivity index (χ0) is 16.9. The molecule has 1 aromatic carbocycles. The molecule has 2 aliphatic rings. The second kappa shape index (κ2) is 7.78. The molecule has 24 heavy (non-hydrogen) atoms. The van der Waals surface area contributed by atoms with Crippen molar-refractivity contribution in [3.05, 3.63) is 28.3 Å². The quantitative estimate of drug-likeness (QED) is 0.621. The Hall–Kier alpha value is -1.90. The molecule has 132 valence electrons. The van der Waals surface area contributed by atoms with Gasteiger partial charge in [0.25, 0.3) is 5.69 Å². The molecule has 8 heteroatoms. The van der Waals surface area contributed by atoms with Gasteiger partial charge < -0.3 is 19.6 Å². The van der Waals surface area contributed by atoms with Gasteiger partial charge in [0.05, 0.1) is 24.7 Å². The number of nitrogens with zero attached hydrogens (tertiary/aromatic N) is 4. The third kappa shape index (κ3) is 3.77. The minimum Gasteiger partial charge on any atom is -0.395 e. The summed E-state index contributed by atoms with van der Waals surface area (Å²) in [5.41, 5.74) is 1.85. The van der Waals surface area contributed by atoms with Gasteiger partial charge in [0.2, 0.25) is 0 Å². The number of nitro groups is 1. The van der Waals surface area contributed by atoms with Crippen LogP contribution in [0.15, 0.2) is 18.2 Å². The van der Waals surface area contributed by atoms with Crippen LogP contribution in [0.1, 0.15) is 0 Å². The van der Waals surface area contributed by atoms with Crippen molar-refractivity contribution in [2.45, 2.75) is 0 Å². The van der Waals surface area contributed by atoms with E-state index in [4.69, 9.17) is 9.84 Å². The lowest BCUT2D eigenvalue weighted by Crippen LogP contribution is -2.47. The van der Waals surface area contributed by atoms with Crippen molar-refractivity contribution in [1.82, 2.24) is 4.90 Å². The largest absolute Gasteiger partial charge is 0.395 e. The molecule has 0 amide bonds. The number of aliphatic hydroxyl groups is 1. The second-order valence-corrected chi connectivity index (χ2v) is 6.08. The lowest BCUT2D eigenvalue weighted by Gasteiger charge is -2.36. The van der Waals surface area contributed by atoms with Crippen LogP contribution in [0.5, 0.6) is 0 Å². The Bertz CT molecular complexity index is 569. The summed E-state index contributed by atoms with van der Waals surface area (Å²) >= 11 is 0. The van der Waals surface area contributed by atoms with Gasteiger partial charge in [0, 0.05) is 57.6 Å². The van der Waals surface area contributed by atoms with Crippen LogP contribution >= 0.6 is 0 Å². The first kappa shape index (κ1) is 16.9. The lowest BCUT2D eigenvalue weighted by atomic mass is 10.1. The normalized spacial score (nSPS) is 19.5. The van der Waals surface area contributed by atoms with Crippen LogP contribution in [-0.2, 0) is 4.74 Å². The van der Waals surface area contributed by atoms with Crippen molar-refractivity contribution in [3.8, 4) is 0 Å². The first-order valence-electron chi connectivity index (χ1n) is 8.38. The Kier molecular flexibility index (Phi) is 5.49. The highest BCUT2D eigenvalue weighted by Gasteiger charge is 2.25. The SMILES string of the molecule is O=[N+]([O-])c1ccc(N2CCOCC2)cc1N1CCN(CCO)CC1. The zero-order valence-corrected chi connectivity index (χ0v) is 13.8. The third-order valence-electron chi connectivity index (χ3n) is 4.66. The molecule has 0 aliphatic carbocycles. The molecule has 0 atom stereocenters. The highest BCUT2D eigenvalue weighted by molar-refractivity contribution is 5.70. The van der Waals surface area contributed by atoms with E-state index >= 15 is 0 Å². The summed E-state index contributed by atoms with van der Waals surface area (Å²) < 4.78 is 5.38. The van der Waals surface area contributed by atoms with Crippen molar-refractivity contribution in [1.29, 1.82) is 0 Å². The molecular formula is C16H24N4O4. The predicted octanol–water partition coefficient (Wildman–Crippen LogP) is 0.546. The minimum atomic E-state index is -0.307. The fourth-order valence-corrected chi connectivity index (χ4v) is 3.29. The molecule has 3 rings (SSSR count). The standard InChI is InChI=1S/C16H24N4O4/c21-10-7-17-3-5-19(6-4-17)16-13-14(1-2-15(16)20(22)23)18-8-11-24-12-9-18/h1-2,13,21H,3-12H2. The van der Waals surface area contributed by atoms with E-state index < -0.39 is 0 Å². The Balaban J connectivity index is 1.80. The van der Waals surface area contributed by atoms with Gasteiger partial charge in [0.1, 0.15) is 5.69 Å². The van der Waals surface area contributed by atoms with E-state index in [-0.39, 0.29) is 17.2 Å². The molecule has 0 aromatic heterocycles. The number of anilines is 2. The summed E-state index contributed by atoms with van der Waals surface area (Å²) in [6, 6.07) is 5.38. The number of hydrogen-bond acceptors (Lipinski definition) is 7. The van der Waals surface area contributed by atoms with Gasteiger partial charge >= 0.3 is 0 Å². The predicted molar refractivity (Wildman–Crippen MR) is 91.9 cm³/mol. The third-order valence-corrected chi connectivity index (χ3v) is 4.66. The number of nitro benzene ring substituents is 1. The summed E-state index contributed by atoms with van der Waals surface area (Å²) in [5, 5.41) is 20.5. The summed E-state index contributed by atoms with van der Waals surface area (Å²) in [6.07, 6.45) is 0. The average molecular weight is 336 g/mol. The molecule has 0 bridgehead atoms. The van der Waals surface area contributed by atoms with E-state index in [9.17, 15) is 10.1 Å². The van der Waals surface area contributed by atoms with Gasteiger partial charge in [-0.15, -0.1) is 0 Å². The lowest BCUT2D eigenvalue weighted by molar-refractivity contribution is -0.384. The number of piperazine rings is 1. The molecule has 0 radical (unpaired) electrons. The van der Waals surface area contributed by atoms with Gasteiger partial charge in [-0.05, 0) is 12.1 Å². The van der Waals surface area contributed by atoms with Crippen LogP contribution in [0.3, 0.4) is 0 Å². The Labute approximate surface area is 141 Å². The number of morpholine rings is 1. The molecule has 1 N–H and O–H groups in total. The molecule has 2 fully saturated rings. The highest BCUT2D eigenvalue weighted by Crippen LogP contribution is 2.33. The maximum Gasteiger partial charge on any atom is 0.292 e. The van der Waals surface area contributed by atoms with E-state index in [1.54, 1.807) is 6.07 Å². The fraction of sp³-hybridized carbons (Fsp3) is 0.625. The number of β-amino-alcohol motifs (C(OH)–C–C–N with tert-alkyl or cyclic N) is 1. The summed E-state index contributed by atoms with van der Waals surface area (Å²) in [6.45, 7) is 6.86. The van der Waals surface area contributed by atoms with Crippen LogP contribution in [-0.4, -0.2) is 80.6 Å². The van der Waals surface area contributed by atoms with E-state index in [2.05, 4.69) is 14.7 Å². The molecular weight excluding hydrogens is 312 g/mol. The number of hydrogen-bond donors (Lipinski definition) is 1. The molecule has 2 heterocycles. The summed E-state index contributed by atoms with van der Waals surface area (Å²) in [7, 11) is 0. The van der Waals surface area contributed by atoms with Gasteiger partial charge in [-0.1, -0.05) is 0 Å². The van der Waals surface area contributed by atoms with Crippen LogP contribution < -0.4 is 9.80 Å². The van der Waals surface area contributed by atoms with Crippen LogP contribution in [0, 0.1) is 10.1 Å². The number of ether oxygens (including phenoxy) is 1. The van der Waals surface area contributed by atoms with Crippen molar-refractivity contribution in [2.75, 3.05) is 75.4 Å². The molecule has 0 unspecified atom stereocenters. The molecule has 2 saturated heterocycles. The first-order chi connectivity index (χ1) is 11.7. The van der Waals surface area contributed by atoms with Crippen molar-refractivity contribution in [2.24, 2.45) is 0 Å². The summed E-state index contributed by atoms with van der Waals surface area (Å²) in [5.74, 6) is 0. The number of aliphatic hydroxyl groups excluding tert-OH is 1. The molecule has 8 nitrogen and oxygen atoms in total. The maximum atomic E-state index is 11.4. The van der Waals surface area contributed by atoms with Gasteiger partial charge in [-0.3, -0.25) is 15.0 Å². The van der Waals surface area contributed by atoms with Gasteiger partial charge in [-0.25, -0.2) is 0 Å². The van der Waals surface area contributed by atoms with Crippen LogP contribution in [0.2, 0.25) is 0 Å². The number of rotatable bonds is 5. The van der Waals surface area contributed by atoms with Crippen molar-refractivity contribution < 1.29 is 14.8 Å². The van der Waals surface area contributed by atoms with Gasteiger partial charge in [0.15, 0.2) is 0 Å².